The second-order valence-corrected chi connectivity index (χ2v) is 6.15. The number of hydrogen-bond donors (Lipinski definition) is 0. The lowest BCUT2D eigenvalue weighted by atomic mass is 10.1. The lowest BCUT2D eigenvalue weighted by Crippen LogP contribution is -2.09. The number of nitrogens with zero attached hydrogens (tertiary/aromatic N) is 2. The van der Waals surface area contributed by atoms with Crippen LogP contribution in [0.4, 0.5) is 8.78 Å². The van der Waals surface area contributed by atoms with Gasteiger partial charge < -0.3 is 9.47 Å². The van der Waals surface area contributed by atoms with Gasteiger partial charge in [-0.25, -0.2) is 8.78 Å². The van der Waals surface area contributed by atoms with Crippen LogP contribution >= 0.6 is 11.8 Å². The van der Waals surface area contributed by atoms with Gasteiger partial charge in [-0.2, -0.15) is 0 Å². The van der Waals surface area contributed by atoms with E-state index in [2.05, 4.69) is 10.2 Å². The van der Waals surface area contributed by atoms with Crippen molar-refractivity contribution in [2.24, 2.45) is 0 Å². The molecule has 0 aliphatic heterocycles. The maximum absolute atomic E-state index is 13.7. The summed E-state index contributed by atoms with van der Waals surface area (Å²) in [6.45, 7) is 0. The molecule has 0 spiro atoms. The molecule has 3 aromatic rings. The Bertz CT molecular complexity index is 998. The Morgan fingerprint density at radius 1 is 1.04 bits per heavy atom. The zero-order chi connectivity index (χ0) is 19.4. The number of carbonyl (C=O) groups excluding carboxylic acids is 1. The molecule has 0 bridgehead atoms. The van der Waals surface area contributed by atoms with Crippen molar-refractivity contribution in [1.29, 1.82) is 0 Å². The number of ether oxygens (including phenoxy) is 2. The first kappa shape index (κ1) is 18.8. The molecule has 1 aromatic heterocycles. The third kappa shape index (κ3) is 4.06. The van der Waals surface area contributed by atoms with Crippen molar-refractivity contribution < 1.29 is 23.0 Å². The topological polar surface area (TPSA) is 61.3 Å². The molecular formula is C19H14F2N2O3S. The summed E-state index contributed by atoms with van der Waals surface area (Å²) >= 11 is 1.27. The molecule has 0 amide bonds. The average molecular weight is 388 g/mol. The van der Waals surface area contributed by atoms with Crippen LogP contribution in [0.15, 0.2) is 53.4 Å². The van der Waals surface area contributed by atoms with Crippen LogP contribution in [0.1, 0.15) is 16.1 Å². The fourth-order valence-corrected chi connectivity index (χ4v) is 2.90. The summed E-state index contributed by atoms with van der Waals surface area (Å²) in [7, 11) is 1.47. The van der Waals surface area contributed by atoms with Gasteiger partial charge in [-0.05, 0) is 30.5 Å². The SMILES string of the molecule is COc1ccccc1C(=O)c1nnc(Oc2ccc(F)cc2F)cc1SC. The van der Waals surface area contributed by atoms with Crippen LogP contribution < -0.4 is 9.47 Å². The lowest BCUT2D eigenvalue weighted by Gasteiger charge is -2.10. The molecule has 0 saturated carbocycles. The van der Waals surface area contributed by atoms with E-state index in [0.29, 0.717) is 22.3 Å². The zero-order valence-electron chi connectivity index (χ0n) is 14.4. The summed E-state index contributed by atoms with van der Waals surface area (Å²) in [5.74, 6) is -1.72. The minimum absolute atomic E-state index is 0.0126. The van der Waals surface area contributed by atoms with Crippen molar-refractivity contribution in [3.63, 3.8) is 0 Å². The molecule has 138 valence electrons. The first-order valence-electron chi connectivity index (χ1n) is 7.76. The van der Waals surface area contributed by atoms with Gasteiger partial charge in [0.05, 0.1) is 12.7 Å². The number of hydrogen-bond acceptors (Lipinski definition) is 6. The molecule has 0 N–H and O–H groups in total. The predicted molar refractivity (Wildman–Crippen MR) is 96.7 cm³/mol. The molecule has 0 saturated heterocycles. The number of halogens is 2. The van der Waals surface area contributed by atoms with Crippen LogP contribution in [0.25, 0.3) is 0 Å². The van der Waals surface area contributed by atoms with Gasteiger partial charge in [-0.1, -0.05) is 12.1 Å². The van der Waals surface area contributed by atoms with Gasteiger partial charge in [-0.3, -0.25) is 4.79 Å². The average Bonchev–Trinajstić information content (AvgIpc) is 2.69. The van der Waals surface area contributed by atoms with Crippen molar-refractivity contribution >= 4 is 17.5 Å². The highest BCUT2D eigenvalue weighted by atomic mass is 32.2. The molecule has 2 aromatic carbocycles. The molecule has 0 radical (unpaired) electrons. The van der Waals surface area contributed by atoms with Gasteiger partial charge in [0.15, 0.2) is 11.6 Å². The van der Waals surface area contributed by atoms with E-state index in [0.717, 1.165) is 12.1 Å². The summed E-state index contributed by atoms with van der Waals surface area (Å²) in [6, 6.07) is 11.2. The Hall–Kier alpha value is -3.00. The highest BCUT2D eigenvalue weighted by Crippen LogP contribution is 2.29. The Balaban J connectivity index is 1.93. The number of benzene rings is 2. The van der Waals surface area contributed by atoms with E-state index >= 15 is 0 Å². The molecule has 27 heavy (non-hydrogen) atoms. The summed E-state index contributed by atoms with van der Waals surface area (Å²) in [5.41, 5.74) is 0.474. The summed E-state index contributed by atoms with van der Waals surface area (Å²) in [4.78, 5) is 13.3. The van der Waals surface area contributed by atoms with Crippen molar-refractivity contribution in [2.45, 2.75) is 4.90 Å². The van der Waals surface area contributed by atoms with Crippen molar-refractivity contribution in [2.75, 3.05) is 13.4 Å². The Morgan fingerprint density at radius 2 is 1.81 bits per heavy atom. The van der Waals surface area contributed by atoms with E-state index in [9.17, 15) is 13.6 Å². The summed E-state index contributed by atoms with van der Waals surface area (Å²) < 4.78 is 37.3. The van der Waals surface area contributed by atoms with E-state index < -0.39 is 11.6 Å². The predicted octanol–water partition coefficient (Wildman–Crippen LogP) is 4.51. The van der Waals surface area contributed by atoms with E-state index in [1.807, 2.05) is 0 Å². The molecule has 1 heterocycles. The summed E-state index contributed by atoms with van der Waals surface area (Å²) in [6.07, 6.45) is 1.76. The second kappa shape index (κ2) is 8.13. The minimum Gasteiger partial charge on any atom is -0.496 e. The van der Waals surface area contributed by atoms with Gasteiger partial charge in [0, 0.05) is 17.0 Å². The van der Waals surface area contributed by atoms with Crippen molar-refractivity contribution in [3.05, 3.63) is 71.4 Å². The molecule has 3 rings (SSSR count). The number of methoxy groups -OCH3 is 1. The highest BCUT2D eigenvalue weighted by molar-refractivity contribution is 7.98. The van der Waals surface area contributed by atoms with E-state index in [4.69, 9.17) is 9.47 Å². The number of carbonyl (C=O) groups is 1. The van der Waals surface area contributed by atoms with Crippen LogP contribution in [-0.2, 0) is 0 Å². The van der Waals surface area contributed by atoms with Gasteiger partial charge >= 0.3 is 0 Å². The number of para-hydroxylation sites is 1. The monoisotopic (exact) mass is 388 g/mol. The van der Waals surface area contributed by atoms with Crippen LogP contribution in [-0.4, -0.2) is 29.3 Å². The standard InChI is InChI=1S/C19H14F2N2O3S/c1-25-14-6-4-3-5-12(14)19(24)18-16(27-2)10-17(22-23-18)26-15-8-7-11(20)9-13(15)21/h3-10H,1-2H3. The molecule has 0 aliphatic rings. The number of ketones is 1. The van der Waals surface area contributed by atoms with Gasteiger partial charge in [0.2, 0.25) is 11.7 Å². The molecule has 0 fully saturated rings. The fourth-order valence-electron chi connectivity index (χ4n) is 2.35. The summed E-state index contributed by atoms with van der Waals surface area (Å²) in [5, 5.41) is 7.79. The third-order valence-corrected chi connectivity index (χ3v) is 4.38. The minimum atomic E-state index is -0.864. The Labute approximate surface area is 158 Å². The number of thioether (sulfide) groups is 1. The van der Waals surface area contributed by atoms with Crippen LogP contribution in [0, 0.1) is 11.6 Å². The van der Waals surface area contributed by atoms with Gasteiger partial charge in [-0.15, -0.1) is 22.0 Å². The van der Waals surface area contributed by atoms with Crippen LogP contribution in [0.3, 0.4) is 0 Å². The number of rotatable bonds is 6. The van der Waals surface area contributed by atoms with Gasteiger partial charge in [0.1, 0.15) is 17.3 Å². The Morgan fingerprint density at radius 3 is 2.52 bits per heavy atom. The normalized spacial score (nSPS) is 10.5. The van der Waals surface area contributed by atoms with Crippen LogP contribution in [0.2, 0.25) is 0 Å². The van der Waals surface area contributed by atoms with E-state index in [-0.39, 0.29) is 23.1 Å². The maximum Gasteiger partial charge on any atom is 0.240 e. The number of aromatic nitrogens is 2. The molecule has 5 nitrogen and oxygen atoms in total. The highest BCUT2D eigenvalue weighted by Gasteiger charge is 2.21. The molecule has 0 aliphatic carbocycles. The molecule has 0 unspecified atom stereocenters. The van der Waals surface area contributed by atoms with Gasteiger partial charge in [0.25, 0.3) is 0 Å². The largest absolute Gasteiger partial charge is 0.496 e. The first-order chi connectivity index (χ1) is 13.0. The van der Waals surface area contributed by atoms with E-state index in [1.54, 1.807) is 30.5 Å². The fraction of sp³-hybridized carbons (Fsp3) is 0.105. The van der Waals surface area contributed by atoms with Crippen molar-refractivity contribution in [3.8, 4) is 17.4 Å². The molecular weight excluding hydrogens is 374 g/mol. The lowest BCUT2D eigenvalue weighted by molar-refractivity contribution is 0.102. The van der Waals surface area contributed by atoms with Crippen molar-refractivity contribution in [1.82, 2.24) is 10.2 Å². The second-order valence-electron chi connectivity index (χ2n) is 5.31. The quantitative estimate of drug-likeness (QED) is 0.457. The van der Waals surface area contributed by atoms with E-state index in [1.165, 1.54) is 24.9 Å². The molecule has 0 atom stereocenters. The third-order valence-electron chi connectivity index (χ3n) is 3.63. The molecule has 8 heteroatoms. The zero-order valence-corrected chi connectivity index (χ0v) is 15.2. The first-order valence-corrected chi connectivity index (χ1v) is 8.98. The smallest absolute Gasteiger partial charge is 0.240 e. The maximum atomic E-state index is 13.7. The van der Waals surface area contributed by atoms with Crippen LogP contribution in [0.5, 0.6) is 17.4 Å². The Kier molecular flexibility index (Phi) is 5.66.